The van der Waals surface area contributed by atoms with E-state index in [-0.39, 0.29) is 0 Å². The number of carbonyl (C=O) groups excluding carboxylic acids is 3. The molecule has 0 fully saturated rings. The zero-order chi connectivity index (χ0) is 8.15. The van der Waals surface area contributed by atoms with Crippen molar-refractivity contribution in [3.63, 3.8) is 0 Å². The Bertz CT molecular complexity index is 196. The van der Waals surface area contributed by atoms with Crippen molar-refractivity contribution >= 4 is 23.9 Å². The van der Waals surface area contributed by atoms with Crippen molar-refractivity contribution in [3.8, 4) is 0 Å². The van der Waals surface area contributed by atoms with Crippen LogP contribution in [0.3, 0.4) is 0 Å². The van der Waals surface area contributed by atoms with E-state index in [0.29, 0.717) is 6.21 Å². The van der Waals surface area contributed by atoms with Crippen molar-refractivity contribution in [1.29, 1.82) is 5.41 Å². The minimum atomic E-state index is -1.24. The number of nitrogens with one attached hydrogen (secondary N) is 1. The summed E-state index contributed by atoms with van der Waals surface area (Å²) in [4.78, 5) is 30.4. The Labute approximate surface area is 56.5 Å². The molecule has 1 N–H and O–H groups in total. The van der Waals surface area contributed by atoms with Gasteiger partial charge in [-0.2, -0.15) is 0 Å². The average Bonchev–Trinajstić information content (AvgIpc) is 1.87. The van der Waals surface area contributed by atoms with E-state index in [2.05, 4.69) is 4.74 Å². The van der Waals surface area contributed by atoms with E-state index < -0.39 is 17.7 Å². The summed E-state index contributed by atoms with van der Waals surface area (Å²) in [5.41, 5.74) is 0. The van der Waals surface area contributed by atoms with E-state index in [9.17, 15) is 14.4 Å². The normalized spacial score (nSPS) is 8.10. The predicted octanol–water partition coefficient (Wildman–Crippen LogP) is -0.705. The van der Waals surface area contributed by atoms with E-state index in [0.717, 1.165) is 6.92 Å². The maximum absolute atomic E-state index is 10.2. The Morgan fingerprint density at radius 2 is 1.90 bits per heavy atom. The monoisotopic (exact) mass is 143 g/mol. The molecule has 0 aromatic carbocycles. The van der Waals surface area contributed by atoms with Crippen LogP contribution in [-0.4, -0.2) is 23.9 Å². The quantitative estimate of drug-likeness (QED) is 0.239. The fourth-order valence-corrected chi connectivity index (χ4v) is 0.193. The van der Waals surface area contributed by atoms with Gasteiger partial charge in [-0.25, -0.2) is 9.59 Å². The van der Waals surface area contributed by atoms with E-state index in [1.807, 2.05) is 0 Å². The largest absolute Gasteiger partial charge is 0.383 e. The molecule has 0 bridgehead atoms. The van der Waals surface area contributed by atoms with Gasteiger partial charge in [-0.3, -0.25) is 4.79 Å². The van der Waals surface area contributed by atoms with Crippen LogP contribution in [0.15, 0.2) is 0 Å². The third-order valence-corrected chi connectivity index (χ3v) is 0.599. The average molecular weight is 143 g/mol. The lowest BCUT2D eigenvalue weighted by molar-refractivity contribution is -0.159. The third kappa shape index (κ3) is 2.71. The number of hydrogen-bond acceptors (Lipinski definition) is 5. The Hall–Kier alpha value is -1.52. The summed E-state index contributed by atoms with van der Waals surface area (Å²) in [6.07, 6.45) is 0.306. The highest BCUT2D eigenvalue weighted by molar-refractivity contribution is 6.37. The van der Waals surface area contributed by atoms with E-state index in [1.165, 1.54) is 0 Å². The lowest BCUT2D eigenvalue weighted by Crippen LogP contribution is -2.18. The standard InChI is InChI=1S/C5H5NO4/c1-3(7)5(9)10-4(8)2-6/h2,6H,1H3. The van der Waals surface area contributed by atoms with Crippen LogP contribution < -0.4 is 0 Å². The van der Waals surface area contributed by atoms with Crippen LogP contribution in [0.25, 0.3) is 0 Å². The first kappa shape index (κ1) is 8.48. The zero-order valence-corrected chi connectivity index (χ0v) is 5.21. The number of ketones is 1. The molecule has 10 heavy (non-hydrogen) atoms. The highest BCUT2D eigenvalue weighted by atomic mass is 16.6. The molecule has 0 spiro atoms. The van der Waals surface area contributed by atoms with Crippen LogP contribution in [-0.2, 0) is 19.1 Å². The van der Waals surface area contributed by atoms with Gasteiger partial charge in [0.2, 0.25) is 5.78 Å². The first-order valence-corrected chi connectivity index (χ1v) is 2.35. The van der Waals surface area contributed by atoms with E-state index in [1.54, 1.807) is 0 Å². The van der Waals surface area contributed by atoms with Crippen LogP contribution in [0.2, 0.25) is 0 Å². The maximum atomic E-state index is 10.2. The Morgan fingerprint density at radius 1 is 1.40 bits per heavy atom. The molecule has 0 aliphatic carbocycles. The summed E-state index contributed by atoms with van der Waals surface area (Å²) >= 11 is 0. The maximum Gasteiger partial charge on any atom is 0.382 e. The lowest BCUT2D eigenvalue weighted by Gasteiger charge is -1.91. The van der Waals surface area contributed by atoms with Gasteiger partial charge in [-0.15, -0.1) is 0 Å². The van der Waals surface area contributed by atoms with Gasteiger partial charge in [-0.05, 0) is 0 Å². The Balaban J connectivity index is 3.92. The lowest BCUT2D eigenvalue weighted by atomic mass is 10.5. The van der Waals surface area contributed by atoms with Gasteiger partial charge in [0.1, 0.15) is 6.21 Å². The van der Waals surface area contributed by atoms with E-state index in [4.69, 9.17) is 5.41 Å². The van der Waals surface area contributed by atoms with Crippen LogP contribution in [0.5, 0.6) is 0 Å². The molecule has 0 aliphatic rings. The first-order chi connectivity index (χ1) is 4.57. The number of hydrogen-bond donors (Lipinski definition) is 1. The molecule has 0 aromatic rings. The van der Waals surface area contributed by atoms with Gasteiger partial charge in [0.05, 0.1) is 0 Å². The second-order valence-electron chi connectivity index (χ2n) is 1.41. The molecule has 0 atom stereocenters. The molecule has 5 nitrogen and oxygen atoms in total. The molecule has 0 radical (unpaired) electrons. The first-order valence-electron chi connectivity index (χ1n) is 2.35. The minimum absolute atomic E-state index is 0.306. The van der Waals surface area contributed by atoms with Crippen molar-refractivity contribution in [2.45, 2.75) is 6.92 Å². The van der Waals surface area contributed by atoms with Gasteiger partial charge in [-0.1, -0.05) is 0 Å². The fourth-order valence-electron chi connectivity index (χ4n) is 0.193. The smallest absolute Gasteiger partial charge is 0.382 e. The van der Waals surface area contributed by atoms with Crippen LogP contribution in [0.1, 0.15) is 6.92 Å². The summed E-state index contributed by atoms with van der Waals surface area (Å²) in [6, 6.07) is 0. The minimum Gasteiger partial charge on any atom is -0.383 e. The molecule has 0 aliphatic heterocycles. The van der Waals surface area contributed by atoms with Crippen molar-refractivity contribution in [2.24, 2.45) is 0 Å². The predicted molar refractivity (Wildman–Crippen MR) is 30.6 cm³/mol. The molecular weight excluding hydrogens is 138 g/mol. The highest BCUT2D eigenvalue weighted by Crippen LogP contribution is 1.79. The number of esters is 2. The highest BCUT2D eigenvalue weighted by Gasteiger charge is 2.11. The van der Waals surface area contributed by atoms with Crippen molar-refractivity contribution in [3.05, 3.63) is 0 Å². The number of ether oxygens (including phenoxy) is 1. The number of rotatable bonds is 2. The second kappa shape index (κ2) is 3.49. The van der Waals surface area contributed by atoms with Gasteiger partial charge in [0.25, 0.3) is 0 Å². The molecule has 54 valence electrons. The molecule has 0 rings (SSSR count). The van der Waals surface area contributed by atoms with Crippen molar-refractivity contribution in [2.75, 3.05) is 0 Å². The molecule has 0 amide bonds. The van der Waals surface area contributed by atoms with Gasteiger partial charge < -0.3 is 10.1 Å². The molecule has 0 unspecified atom stereocenters. The van der Waals surface area contributed by atoms with Gasteiger partial charge in [0.15, 0.2) is 0 Å². The van der Waals surface area contributed by atoms with Crippen molar-refractivity contribution < 1.29 is 19.1 Å². The fraction of sp³-hybridized carbons (Fsp3) is 0.200. The number of Topliss-reactive ketones (excluding diaryl/α,β-unsaturated/α-hetero) is 1. The summed E-state index contributed by atoms with van der Waals surface area (Å²) in [7, 11) is 0. The van der Waals surface area contributed by atoms with Crippen LogP contribution in [0, 0.1) is 5.41 Å². The molecule has 0 saturated carbocycles. The van der Waals surface area contributed by atoms with E-state index >= 15 is 0 Å². The second-order valence-corrected chi connectivity index (χ2v) is 1.41. The summed E-state index contributed by atoms with van der Waals surface area (Å²) in [5.74, 6) is -3.25. The SMILES string of the molecule is CC(=O)C(=O)OC(=O)C=N. The molecule has 0 aromatic heterocycles. The van der Waals surface area contributed by atoms with Gasteiger partial charge in [0, 0.05) is 6.92 Å². The number of carbonyl (C=O) groups is 3. The molecular formula is C5H5NO4. The third-order valence-electron chi connectivity index (χ3n) is 0.599. The van der Waals surface area contributed by atoms with Crippen molar-refractivity contribution in [1.82, 2.24) is 0 Å². The molecule has 0 heterocycles. The van der Waals surface area contributed by atoms with Gasteiger partial charge >= 0.3 is 11.9 Å². The molecule has 5 heteroatoms. The summed E-state index contributed by atoms with van der Waals surface area (Å²) in [5, 5.41) is 6.28. The summed E-state index contributed by atoms with van der Waals surface area (Å²) in [6.45, 7) is 0.972. The Morgan fingerprint density at radius 3 is 2.20 bits per heavy atom. The summed E-state index contributed by atoms with van der Waals surface area (Å²) < 4.78 is 3.79. The molecule has 0 saturated heterocycles. The van der Waals surface area contributed by atoms with Crippen LogP contribution >= 0.6 is 0 Å². The zero-order valence-electron chi connectivity index (χ0n) is 5.21. The van der Waals surface area contributed by atoms with Crippen LogP contribution in [0.4, 0.5) is 0 Å². The Kier molecular flexibility index (Phi) is 2.96. The topological polar surface area (TPSA) is 84.3 Å².